The summed E-state index contributed by atoms with van der Waals surface area (Å²) in [5.41, 5.74) is 0.847. The van der Waals surface area contributed by atoms with Crippen LogP contribution in [0.15, 0.2) is 4.79 Å². The number of aromatic nitrogens is 4. The molecule has 4 rings (SSSR count). The van der Waals surface area contributed by atoms with E-state index in [1.165, 1.54) is 0 Å². The maximum atomic E-state index is 12.8. The zero-order valence-corrected chi connectivity index (χ0v) is 14.2. The first-order valence-electron chi connectivity index (χ1n) is 7.78. The Labute approximate surface area is 145 Å². The minimum absolute atomic E-state index is 0. The average molecular weight is 351 g/mol. The Kier molecular flexibility index (Phi) is 4.64. The van der Waals surface area contributed by atoms with Crippen LogP contribution < -0.4 is 20.5 Å². The Hall–Kier alpha value is -2.24. The van der Waals surface area contributed by atoms with Gasteiger partial charge in [-0.1, -0.05) is 5.92 Å². The summed E-state index contributed by atoms with van der Waals surface area (Å²) < 4.78 is 8.87. The molecule has 4 heterocycles. The van der Waals surface area contributed by atoms with E-state index >= 15 is 0 Å². The Bertz CT molecular complexity index is 872. The number of hydrogen-bond acceptors (Lipinski definition) is 6. The number of fused-ring (bicyclic) bond motifs is 2. The molecule has 1 fully saturated rings. The highest BCUT2D eigenvalue weighted by Gasteiger charge is 2.25. The average Bonchev–Trinajstić information content (AvgIpc) is 3.19. The Morgan fingerprint density at radius 3 is 2.79 bits per heavy atom. The van der Waals surface area contributed by atoms with Gasteiger partial charge in [-0.05, 0) is 6.92 Å². The molecule has 8 nitrogen and oxygen atoms in total. The lowest BCUT2D eigenvalue weighted by Gasteiger charge is -2.28. The third-order valence-corrected chi connectivity index (χ3v) is 4.17. The van der Waals surface area contributed by atoms with Crippen LogP contribution in [0.25, 0.3) is 11.2 Å². The van der Waals surface area contributed by atoms with Crippen LogP contribution in [-0.4, -0.2) is 51.9 Å². The molecule has 2 aromatic rings. The zero-order chi connectivity index (χ0) is 15.8. The Morgan fingerprint density at radius 2 is 2.04 bits per heavy atom. The van der Waals surface area contributed by atoms with Crippen molar-refractivity contribution in [1.29, 1.82) is 0 Å². The summed E-state index contributed by atoms with van der Waals surface area (Å²) in [6.07, 6.45) is 0. The van der Waals surface area contributed by atoms with Gasteiger partial charge in [-0.25, -0.2) is 0 Å². The number of halogens is 1. The zero-order valence-electron chi connectivity index (χ0n) is 13.4. The van der Waals surface area contributed by atoms with E-state index in [2.05, 4.69) is 32.0 Å². The fourth-order valence-electron chi connectivity index (χ4n) is 3.03. The summed E-state index contributed by atoms with van der Waals surface area (Å²) in [6, 6.07) is 0.362. The topological polar surface area (TPSA) is 77.2 Å². The SMILES string of the molecule is CC#CCn1c(N2CCNCC2)nc2nc3n(c(=O)c21)CCO3.Cl. The highest BCUT2D eigenvalue weighted by atomic mass is 35.5. The second kappa shape index (κ2) is 6.71. The largest absolute Gasteiger partial charge is 0.463 e. The molecule has 2 aromatic heterocycles. The molecule has 2 aliphatic heterocycles. The molecule has 0 spiro atoms. The van der Waals surface area contributed by atoms with Crippen molar-refractivity contribution in [3.05, 3.63) is 10.4 Å². The summed E-state index contributed by atoms with van der Waals surface area (Å²) in [5.74, 6) is 6.69. The van der Waals surface area contributed by atoms with E-state index in [0.717, 1.165) is 32.1 Å². The van der Waals surface area contributed by atoms with Gasteiger partial charge in [0.15, 0.2) is 11.2 Å². The predicted molar refractivity (Wildman–Crippen MR) is 93.1 cm³/mol. The normalized spacial score (nSPS) is 16.1. The summed E-state index contributed by atoms with van der Waals surface area (Å²) in [5, 5.41) is 3.32. The molecular weight excluding hydrogens is 332 g/mol. The number of nitrogens with zero attached hydrogens (tertiary/aromatic N) is 5. The van der Waals surface area contributed by atoms with Crippen molar-refractivity contribution in [3.8, 4) is 17.9 Å². The van der Waals surface area contributed by atoms with E-state index in [4.69, 9.17) is 4.74 Å². The van der Waals surface area contributed by atoms with Crippen molar-refractivity contribution >= 4 is 29.5 Å². The quantitative estimate of drug-likeness (QED) is 0.758. The van der Waals surface area contributed by atoms with Crippen molar-refractivity contribution in [3.63, 3.8) is 0 Å². The van der Waals surface area contributed by atoms with Gasteiger partial charge in [-0.15, -0.1) is 18.3 Å². The monoisotopic (exact) mass is 350 g/mol. The molecule has 0 unspecified atom stereocenters. The van der Waals surface area contributed by atoms with E-state index in [9.17, 15) is 4.79 Å². The molecule has 0 bridgehead atoms. The molecule has 128 valence electrons. The lowest BCUT2D eigenvalue weighted by atomic mass is 10.4. The maximum Gasteiger partial charge on any atom is 0.301 e. The van der Waals surface area contributed by atoms with Gasteiger partial charge in [0.05, 0.1) is 13.1 Å². The van der Waals surface area contributed by atoms with Crippen LogP contribution in [0.5, 0.6) is 6.01 Å². The summed E-state index contributed by atoms with van der Waals surface area (Å²) in [4.78, 5) is 24.0. The summed E-state index contributed by atoms with van der Waals surface area (Å²) >= 11 is 0. The van der Waals surface area contributed by atoms with Crippen LogP contribution in [-0.2, 0) is 13.1 Å². The Morgan fingerprint density at radius 1 is 1.25 bits per heavy atom. The van der Waals surface area contributed by atoms with Crippen molar-refractivity contribution in [2.45, 2.75) is 20.0 Å². The third-order valence-electron chi connectivity index (χ3n) is 4.17. The van der Waals surface area contributed by atoms with Crippen LogP contribution in [0.1, 0.15) is 6.92 Å². The fraction of sp³-hybridized carbons (Fsp3) is 0.533. The van der Waals surface area contributed by atoms with Crippen LogP contribution >= 0.6 is 12.4 Å². The van der Waals surface area contributed by atoms with Gasteiger partial charge in [-0.3, -0.25) is 13.9 Å². The van der Waals surface area contributed by atoms with E-state index in [0.29, 0.717) is 36.9 Å². The second-order valence-corrected chi connectivity index (χ2v) is 5.53. The van der Waals surface area contributed by atoms with Crippen LogP contribution in [0.3, 0.4) is 0 Å². The number of nitrogens with one attached hydrogen (secondary N) is 1. The minimum atomic E-state index is -0.103. The molecule has 2 aliphatic rings. The molecule has 0 amide bonds. The van der Waals surface area contributed by atoms with Gasteiger partial charge >= 0.3 is 6.01 Å². The first-order chi connectivity index (χ1) is 11.3. The number of hydrogen-bond donors (Lipinski definition) is 1. The molecular formula is C15H19ClN6O2. The maximum absolute atomic E-state index is 12.8. The lowest BCUT2D eigenvalue weighted by molar-refractivity contribution is 0.345. The van der Waals surface area contributed by atoms with Gasteiger partial charge in [0.2, 0.25) is 5.95 Å². The number of anilines is 1. The fourth-order valence-corrected chi connectivity index (χ4v) is 3.03. The minimum Gasteiger partial charge on any atom is -0.463 e. The first-order valence-corrected chi connectivity index (χ1v) is 7.78. The van der Waals surface area contributed by atoms with E-state index in [-0.39, 0.29) is 18.0 Å². The molecule has 0 radical (unpaired) electrons. The molecule has 24 heavy (non-hydrogen) atoms. The van der Waals surface area contributed by atoms with Gasteiger partial charge in [-0.2, -0.15) is 9.97 Å². The van der Waals surface area contributed by atoms with Gasteiger partial charge < -0.3 is 15.0 Å². The molecule has 0 aromatic carbocycles. The first kappa shape index (κ1) is 16.6. The summed E-state index contributed by atoms with van der Waals surface area (Å²) in [6.45, 7) is 6.73. The summed E-state index contributed by atoms with van der Waals surface area (Å²) in [7, 11) is 0. The van der Waals surface area contributed by atoms with Crippen molar-refractivity contribution in [2.75, 3.05) is 37.7 Å². The van der Waals surface area contributed by atoms with Crippen molar-refractivity contribution < 1.29 is 4.74 Å². The van der Waals surface area contributed by atoms with Crippen molar-refractivity contribution in [2.24, 2.45) is 0 Å². The smallest absolute Gasteiger partial charge is 0.301 e. The molecule has 0 atom stereocenters. The third kappa shape index (κ3) is 2.60. The standard InChI is InChI=1S/C15H18N6O2.ClH/c1-2-3-6-20-11-12(17-14(20)19-7-4-16-5-8-19)18-15-21(13(11)22)9-10-23-15;/h16H,4-10H2,1H3;1H. The highest BCUT2D eigenvalue weighted by molar-refractivity contribution is 5.85. The highest BCUT2D eigenvalue weighted by Crippen LogP contribution is 2.22. The van der Waals surface area contributed by atoms with E-state index < -0.39 is 0 Å². The van der Waals surface area contributed by atoms with Crippen LogP contribution in [0.2, 0.25) is 0 Å². The second-order valence-electron chi connectivity index (χ2n) is 5.53. The van der Waals surface area contributed by atoms with Crippen LogP contribution in [0, 0.1) is 11.8 Å². The lowest BCUT2D eigenvalue weighted by Crippen LogP contribution is -2.44. The van der Waals surface area contributed by atoms with Gasteiger partial charge in [0.25, 0.3) is 5.56 Å². The number of piperazine rings is 1. The molecule has 9 heteroatoms. The van der Waals surface area contributed by atoms with Gasteiger partial charge in [0, 0.05) is 26.2 Å². The van der Waals surface area contributed by atoms with Crippen molar-refractivity contribution in [1.82, 2.24) is 24.4 Å². The van der Waals surface area contributed by atoms with Gasteiger partial charge in [0.1, 0.15) is 6.61 Å². The van der Waals surface area contributed by atoms with E-state index in [1.54, 1.807) is 11.5 Å². The van der Waals surface area contributed by atoms with E-state index in [1.807, 2.05) is 4.57 Å². The molecule has 1 N–H and O–H groups in total. The Balaban J connectivity index is 0.00000169. The van der Waals surface area contributed by atoms with Crippen LogP contribution in [0.4, 0.5) is 5.95 Å². The number of ether oxygens (including phenoxy) is 1. The molecule has 1 saturated heterocycles. The molecule has 0 aliphatic carbocycles. The molecule has 0 saturated carbocycles. The number of rotatable bonds is 2. The predicted octanol–water partition coefficient (Wildman–Crippen LogP) is -0.160. The number of imidazole rings is 1.